The van der Waals surface area contributed by atoms with Crippen LogP contribution in [-0.4, -0.2) is 23.3 Å². The first-order valence-electron chi connectivity index (χ1n) is 5.70. The Morgan fingerprint density at radius 2 is 2.24 bits per heavy atom. The Labute approximate surface area is 115 Å². The highest BCUT2D eigenvalue weighted by Crippen LogP contribution is 2.12. The molecule has 1 rings (SSSR count). The van der Waals surface area contributed by atoms with Crippen LogP contribution in [0.1, 0.15) is 25.7 Å². The van der Waals surface area contributed by atoms with E-state index < -0.39 is 12.2 Å². The fourth-order valence-electron chi connectivity index (χ4n) is 1.52. The Bertz CT molecular complexity index is 321. The highest BCUT2D eigenvalue weighted by molar-refractivity contribution is 14.1. The maximum Gasteiger partial charge on any atom is 0.306 e. The summed E-state index contributed by atoms with van der Waals surface area (Å²) in [5.41, 5.74) is 0. The van der Waals surface area contributed by atoms with Crippen molar-refractivity contribution in [3.8, 4) is 0 Å². The van der Waals surface area contributed by atoms with E-state index >= 15 is 0 Å². The molecule has 0 spiro atoms. The van der Waals surface area contributed by atoms with Gasteiger partial charge in [0.2, 0.25) is 0 Å². The summed E-state index contributed by atoms with van der Waals surface area (Å²) in [6.07, 6.45) is 10.6. The summed E-state index contributed by atoms with van der Waals surface area (Å²) in [5.74, 6) is -0.243. The monoisotopic (exact) mass is 348 g/mol. The van der Waals surface area contributed by atoms with E-state index in [4.69, 9.17) is 4.74 Å². The van der Waals surface area contributed by atoms with Gasteiger partial charge in [-0.25, -0.2) is 0 Å². The molecule has 0 fully saturated rings. The second-order valence-corrected chi connectivity index (χ2v) is 4.54. The highest BCUT2D eigenvalue weighted by Gasteiger charge is 2.20. The molecule has 0 radical (unpaired) electrons. The maximum atomic E-state index is 11.5. The summed E-state index contributed by atoms with van der Waals surface area (Å²) in [6, 6.07) is 0. The van der Waals surface area contributed by atoms with Crippen molar-refractivity contribution < 1.29 is 14.6 Å². The molecule has 0 aromatic rings. The summed E-state index contributed by atoms with van der Waals surface area (Å²) in [7, 11) is 0. The van der Waals surface area contributed by atoms with Crippen LogP contribution in [-0.2, 0) is 9.53 Å². The molecule has 4 heteroatoms. The van der Waals surface area contributed by atoms with Crippen LogP contribution < -0.4 is 0 Å². The number of carbonyl (C=O) groups excluding carboxylic acids is 1. The fourth-order valence-corrected chi connectivity index (χ4v) is 1.76. The molecule has 2 atom stereocenters. The number of carbonyl (C=O) groups is 1. The van der Waals surface area contributed by atoms with Crippen molar-refractivity contribution in [2.75, 3.05) is 0 Å². The Kier molecular flexibility index (Phi) is 7.19. The smallest absolute Gasteiger partial charge is 0.306 e. The van der Waals surface area contributed by atoms with E-state index in [-0.39, 0.29) is 5.97 Å². The van der Waals surface area contributed by atoms with Crippen LogP contribution in [0.15, 0.2) is 34.5 Å². The van der Waals surface area contributed by atoms with Gasteiger partial charge in [-0.3, -0.25) is 4.79 Å². The molecule has 0 bridgehead atoms. The van der Waals surface area contributed by atoms with Gasteiger partial charge < -0.3 is 9.84 Å². The highest BCUT2D eigenvalue weighted by atomic mass is 127. The standard InChI is InChI=1S/C13H17IO3/c14-10-6-5-8-12-11(15)7-3-1-2-4-9-13(16)17-12/h1,3,5-6,8,10-12,15H,2,4,7,9H2/b3-1-,8-5+,10-6-/t11-,12+/m0/s1. The number of hydrogen-bond donors (Lipinski definition) is 1. The van der Waals surface area contributed by atoms with E-state index in [9.17, 15) is 9.90 Å². The number of halogens is 1. The first-order valence-corrected chi connectivity index (χ1v) is 6.94. The number of hydrogen-bond acceptors (Lipinski definition) is 3. The molecule has 1 N–H and O–H groups in total. The number of ether oxygens (including phenoxy) is 1. The molecule has 1 aliphatic heterocycles. The number of rotatable bonds is 2. The van der Waals surface area contributed by atoms with Gasteiger partial charge in [0, 0.05) is 6.42 Å². The van der Waals surface area contributed by atoms with E-state index in [1.54, 1.807) is 12.2 Å². The Morgan fingerprint density at radius 1 is 1.41 bits per heavy atom. The van der Waals surface area contributed by atoms with Gasteiger partial charge in [-0.15, -0.1) is 0 Å². The van der Waals surface area contributed by atoms with Crippen molar-refractivity contribution in [1.29, 1.82) is 0 Å². The van der Waals surface area contributed by atoms with Crippen LogP contribution in [0.25, 0.3) is 0 Å². The van der Waals surface area contributed by atoms with Crippen LogP contribution in [0.3, 0.4) is 0 Å². The zero-order valence-corrected chi connectivity index (χ0v) is 11.7. The third kappa shape index (κ3) is 6.02. The van der Waals surface area contributed by atoms with Gasteiger partial charge in [-0.05, 0) is 29.4 Å². The Hall–Kier alpha value is -0.620. The lowest BCUT2D eigenvalue weighted by Gasteiger charge is -2.20. The van der Waals surface area contributed by atoms with E-state index in [1.807, 2.05) is 22.3 Å². The van der Waals surface area contributed by atoms with E-state index in [0.29, 0.717) is 12.8 Å². The van der Waals surface area contributed by atoms with Gasteiger partial charge in [-0.1, -0.05) is 46.9 Å². The molecule has 0 saturated carbocycles. The molecule has 0 aliphatic carbocycles. The van der Waals surface area contributed by atoms with Gasteiger partial charge in [-0.2, -0.15) is 0 Å². The van der Waals surface area contributed by atoms with Crippen molar-refractivity contribution >= 4 is 28.6 Å². The second-order valence-electron chi connectivity index (χ2n) is 3.82. The fraction of sp³-hybridized carbons (Fsp3) is 0.462. The summed E-state index contributed by atoms with van der Waals surface area (Å²) < 4.78 is 7.09. The predicted octanol–water partition coefficient (Wildman–Crippen LogP) is 2.89. The lowest BCUT2D eigenvalue weighted by atomic mass is 10.1. The zero-order valence-electron chi connectivity index (χ0n) is 9.59. The third-order valence-corrected chi connectivity index (χ3v) is 2.84. The molecule has 3 nitrogen and oxygen atoms in total. The van der Waals surface area contributed by atoms with Crippen LogP contribution in [0.4, 0.5) is 0 Å². The molecule has 94 valence electrons. The number of esters is 1. The Morgan fingerprint density at radius 3 is 3.00 bits per heavy atom. The summed E-state index contributed by atoms with van der Waals surface area (Å²) in [4.78, 5) is 11.5. The second kappa shape index (κ2) is 8.47. The average molecular weight is 348 g/mol. The van der Waals surface area contributed by atoms with Gasteiger partial charge in [0.1, 0.15) is 6.10 Å². The van der Waals surface area contributed by atoms with Crippen LogP contribution >= 0.6 is 22.6 Å². The molecule has 0 unspecified atom stereocenters. The van der Waals surface area contributed by atoms with Crippen LogP contribution in [0.5, 0.6) is 0 Å². The molecule has 0 saturated heterocycles. The summed E-state index contributed by atoms with van der Waals surface area (Å²) in [5, 5.41) is 9.90. The predicted molar refractivity (Wildman–Crippen MR) is 75.8 cm³/mol. The van der Waals surface area contributed by atoms with Crippen molar-refractivity contribution in [3.63, 3.8) is 0 Å². The van der Waals surface area contributed by atoms with E-state index in [2.05, 4.69) is 22.6 Å². The maximum absolute atomic E-state index is 11.5. The molecular weight excluding hydrogens is 331 g/mol. The normalized spacial score (nSPS) is 29.4. The number of allylic oxidation sites excluding steroid dienone is 3. The first-order chi connectivity index (χ1) is 8.24. The number of cyclic esters (lactones) is 1. The van der Waals surface area contributed by atoms with Crippen molar-refractivity contribution in [3.05, 3.63) is 34.5 Å². The van der Waals surface area contributed by atoms with Gasteiger partial charge in [0.05, 0.1) is 6.10 Å². The zero-order chi connectivity index (χ0) is 12.5. The molecule has 0 aromatic carbocycles. The summed E-state index contributed by atoms with van der Waals surface area (Å²) >= 11 is 2.10. The largest absolute Gasteiger partial charge is 0.455 e. The molecule has 1 aliphatic rings. The van der Waals surface area contributed by atoms with Crippen LogP contribution in [0, 0.1) is 0 Å². The quantitative estimate of drug-likeness (QED) is 0.361. The van der Waals surface area contributed by atoms with Gasteiger partial charge in [0.25, 0.3) is 0 Å². The lowest BCUT2D eigenvalue weighted by Crippen LogP contribution is -2.29. The first kappa shape index (κ1) is 14.4. The van der Waals surface area contributed by atoms with E-state index in [0.717, 1.165) is 12.8 Å². The number of aliphatic hydroxyl groups excluding tert-OH is 1. The molecule has 0 amide bonds. The summed E-state index contributed by atoms with van der Waals surface area (Å²) in [6.45, 7) is 0. The lowest BCUT2D eigenvalue weighted by molar-refractivity contribution is -0.151. The third-order valence-electron chi connectivity index (χ3n) is 2.43. The Balaban J connectivity index is 2.69. The van der Waals surface area contributed by atoms with Gasteiger partial charge >= 0.3 is 5.97 Å². The number of aliphatic hydroxyl groups is 1. The molecule has 1 heterocycles. The van der Waals surface area contributed by atoms with E-state index in [1.165, 1.54) is 0 Å². The molecular formula is C13H17IO3. The molecule has 0 aromatic heterocycles. The topological polar surface area (TPSA) is 46.5 Å². The van der Waals surface area contributed by atoms with Crippen molar-refractivity contribution in [2.24, 2.45) is 0 Å². The minimum atomic E-state index is -0.674. The minimum absolute atomic E-state index is 0.243. The minimum Gasteiger partial charge on any atom is -0.455 e. The average Bonchev–Trinajstić information content (AvgIpc) is 2.32. The van der Waals surface area contributed by atoms with Crippen LogP contribution in [0.2, 0.25) is 0 Å². The van der Waals surface area contributed by atoms with Crippen molar-refractivity contribution in [2.45, 2.75) is 37.9 Å². The molecule has 17 heavy (non-hydrogen) atoms. The SMILES string of the molecule is O=C1CCC/C=C\C[C@H](O)[C@@H](/C=C/C=C\I)O1. The van der Waals surface area contributed by atoms with Crippen molar-refractivity contribution in [1.82, 2.24) is 0 Å². The van der Waals surface area contributed by atoms with Gasteiger partial charge in [0.15, 0.2) is 0 Å².